The normalized spacial score (nSPS) is 11.4. The summed E-state index contributed by atoms with van der Waals surface area (Å²) in [5.41, 5.74) is 3.46. The van der Waals surface area contributed by atoms with E-state index in [1.54, 1.807) is 6.92 Å². The number of aryl methyl sites for hydroxylation is 1. The highest BCUT2D eigenvalue weighted by molar-refractivity contribution is 5.49. The average Bonchev–Trinajstić information content (AvgIpc) is 2.35. The highest BCUT2D eigenvalue weighted by Gasteiger charge is 2.26. The smallest absolute Gasteiger partial charge is 0.123 e. The molecule has 0 aliphatic heterocycles. The molecule has 0 fully saturated rings. The molecule has 0 bridgehead atoms. The minimum atomic E-state index is -0.0215. The van der Waals surface area contributed by atoms with Gasteiger partial charge in [0.15, 0.2) is 0 Å². The Hall–Kier alpha value is -1.42. The van der Waals surface area contributed by atoms with E-state index >= 15 is 0 Å². The summed E-state index contributed by atoms with van der Waals surface area (Å²) in [4.78, 5) is 0. The zero-order chi connectivity index (χ0) is 17.6. The van der Waals surface area contributed by atoms with Crippen LogP contribution in [0.1, 0.15) is 84.9 Å². The van der Waals surface area contributed by atoms with Crippen LogP contribution in [0.25, 0.3) is 0 Å². The SMILES string of the molecule is C#CC.CCCCc1cc(C(C)(C)C)c(O)c(C(C)(C)C)c1. The molecule has 0 saturated heterocycles. The van der Waals surface area contributed by atoms with Crippen LogP contribution in [0.2, 0.25) is 0 Å². The molecule has 124 valence electrons. The average molecular weight is 303 g/mol. The quantitative estimate of drug-likeness (QED) is 0.682. The van der Waals surface area contributed by atoms with Crippen LogP contribution in [0.15, 0.2) is 12.1 Å². The molecule has 1 aromatic rings. The van der Waals surface area contributed by atoms with Gasteiger partial charge >= 0.3 is 0 Å². The van der Waals surface area contributed by atoms with E-state index in [4.69, 9.17) is 0 Å². The molecule has 1 rings (SSSR count). The molecule has 0 radical (unpaired) electrons. The van der Waals surface area contributed by atoms with Crippen LogP contribution >= 0.6 is 0 Å². The summed E-state index contributed by atoms with van der Waals surface area (Å²) < 4.78 is 0. The van der Waals surface area contributed by atoms with Gasteiger partial charge in [0.1, 0.15) is 5.75 Å². The summed E-state index contributed by atoms with van der Waals surface area (Å²) in [5.74, 6) is 2.74. The van der Waals surface area contributed by atoms with E-state index in [1.807, 2.05) is 0 Å². The summed E-state index contributed by atoms with van der Waals surface area (Å²) in [7, 11) is 0. The first-order chi connectivity index (χ1) is 9.98. The van der Waals surface area contributed by atoms with Gasteiger partial charge < -0.3 is 5.11 Å². The molecular weight excluding hydrogens is 268 g/mol. The Morgan fingerprint density at radius 2 is 1.36 bits per heavy atom. The van der Waals surface area contributed by atoms with Crippen LogP contribution in [-0.4, -0.2) is 5.11 Å². The predicted octanol–water partition coefficient (Wildman–Crippen LogP) is 5.97. The van der Waals surface area contributed by atoms with E-state index < -0.39 is 0 Å². The number of terminal acetylenes is 1. The number of hydrogen-bond donors (Lipinski definition) is 1. The Balaban J connectivity index is 0.00000135. The number of rotatable bonds is 3. The Morgan fingerprint density at radius 3 is 1.64 bits per heavy atom. The predicted molar refractivity (Wildman–Crippen MR) is 98.6 cm³/mol. The highest BCUT2D eigenvalue weighted by atomic mass is 16.3. The molecule has 0 atom stereocenters. The Bertz CT molecular complexity index is 469. The van der Waals surface area contributed by atoms with E-state index in [2.05, 4.69) is 72.9 Å². The van der Waals surface area contributed by atoms with Gasteiger partial charge in [-0.05, 0) is 47.3 Å². The zero-order valence-electron chi connectivity index (χ0n) is 15.8. The first-order valence-corrected chi connectivity index (χ1v) is 8.23. The van der Waals surface area contributed by atoms with Gasteiger partial charge in [0, 0.05) is 0 Å². The fourth-order valence-corrected chi connectivity index (χ4v) is 2.36. The van der Waals surface area contributed by atoms with Crippen molar-refractivity contribution in [3.8, 4) is 18.1 Å². The van der Waals surface area contributed by atoms with Crippen LogP contribution < -0.4 is 0 Å². The van der Waals surface area contributed by atoms with Gasteiger partial charge in [0.25, 0.3) is 0 Å². The highest BCUT2D eigenvalue weighted by Crippen LogP contribution is 2.39. The van der Waals surface area contributed by atoms with Crippen molar-refractivity contribution in [3.05, 3.63) is 28.8 Å². The van der Waals surface area contributed by atoms with Crippen LogP contribution in [0, 0.1) is 12.3 Å². The minimum Gasteiger partial charge on any atom is -0.507 e. The van der Waals surface area contributed by atoms with Crippen LogP contribution in [0.3, 0.4) is 0 Å². The van der Waals surface area contributed by atoms with Crippen molar-refractivity contribution in [3.63, 3.8) is 0 Å². The first kappa shape index (κ1) is 20.6. The van der Waals surface area contributed by atoms with E-state index in [9.17, 15) is 5.11 Å². The van der Waals surface area contributed by atoms with Crippen LogP contribution in [0.5, 0.6) is 5.75 Å². The number of phenols is 1. The number of hydrogen-bond acceptors (Lipinski definition) is 1. The van der Waals surface area contributed by atoms with Crippen molar-refractivity contribution in [2.75, 3.05) is 0 Å². The van der Waals surface area contributed by atoms with Gasteiger partial charge in [0.2, 0.25) is 0 Å². The fourth-order valence-electron chi connectivity index (χ4n) is 2.36. The third kappa shape index (κ3) is 6.14. The molecule has 0 unspecified atom stereocenters. The summed E-state index contributed by atoms with van der Waals surface area (Å²) in [6.45, 7) is 16.9. The maximum atomic E-state index is 10.6. The summed E-state index contributed by atoms with van der Waals surface area (Å²) in [5, 5.41) is 10.6. The van der Waals surface area contributed by atoms with Gasteiger partial charge in [-0.1, -0.05) is 67.0 Å². The van der Waals surface area contributed by atoms with Crippen molar-refractivity contribution in [2.24, 2.45) is 0 Å². The van der Waals surface area contributed by atoms with E-state index in [0.717, 1.165) is 17.5 Å². The molecule has 22 heavy (non-hydrogen) atoms. The lowest BCUT2D eigenvalue weighted by Gasteiger charge is -2.28. The Labute approximate surface area is 138 Å². The monoisotopic (exact) mass is 302 g/mol. The molecule has 1 heteroatoms. The Morgan fingerprint density at radius 1 is 1.00 bits per heavy atom. The van der Waals surface area contributed by atoms with E-state index in [0.29, 0.717) is 5.75 Å². The maximum Gasteiger partial charge on any atom is 0.123 e. The second kappa shape index (κ2) is 8.28. The van der Waals surface area contributed by atoms with Crippen molar-refractivity contribution in [1.29, 1.82) is 0 Å². The first-order valence-electron chi connectivity index (χ1n) is 8.23. The molecule has 0 heterocycles. The van der Waals surface area contributed by atoms with Crippen molar-refractivity contribution >= 4 is 0 Å². The third-order valence-electron chi connectivity index (χ3n) is 3.60. The minimum absolute atomic E-state index is 0.0215. The summed E-state index contributed by atoms with van der Waals surface area (Å²) >= 11 is 0. The molecule has 0 spiro atoms. The van der Waals surface area contributed by atoms with Gasteiger partial charge in [-0.3, -0.25) is 0 Å². The molecule has 0 aliphatic carbocycles. The molecule has 1 nitrogen and oxygen atoms in total. The standard InChI is InChI=1S/C18H30O.C3H4/c1-8-9-10-13-11-14(17(2,3)4)16(19)15(12-13)18(5,6)7;1-3-2/h11-12,19H,8-10H2,1-7H3;1H,2H3. The van der Waals surface area contributed by atoms with Gasteiger partial charge in [-0.2, -0.15) is 0 Å². The lowest BCUT2D eigenvalue weighted by Crippen LogP contribution is -2.17. The Kier molecular flexibility index (Phi) is 7.74. The van der Waals surface area contributed by atoms with Gasteiger partial charge in [-0.15, -0.1) is 12.3 Å². The van der Waals surface area contributed by atoms with Gasteiger partial charge in [0.05, 0.1) is 0 Å². The number of phenolic OH excluding ortho intramolecular Hbond substituents is 1. The topological polar surface area (TPSA) is 20.2 Å². The third-order valence-corrected chi connectivity index (χ3v) is 3.60. The fraction of sp³-hybridized carbons (Fsp3) is 0.619. The maximum absolute atomic E-state index is 10.6. The number of benzene rings is 1. The van der Waals surface area contributed by atoms with Crippen LogP contribution in [-0.2, 0) is 17.3 Å². The van der Waals surface area contributed by atoms with E-state index in [1.165, 1.54) is 18.4 Å². The lowest BCUT2D eigenvalue weighted by molar-refractivity contribution is 0.422. The number of unbranched alkanes of at least 4 members (excludes halogenated alkanes) is 1. The second-order valence-electron chi connectivity index (χ2n) is 7.93. The second-order valence-corrected chi connectivity index (χ2v) is 7.93. The molecule has 0 aliphatic rings. The summed E-state index contributed by atoms with van der Waals surface area (Å²) in [6.07, 6.45) is 8.11. The number of aromatic hydroxyl groups is 1. The molecule has 0 aromatic heterocycles. The van der Waals surface area contributed by atoms with Gasteiger partial charge in [-0.25, -0.2) is 0 Å². The molecular formula is C21H34O. The lowest BCUT2D eigenvalue weighted by atomic mass is 9.78. The largest absolute Gasteiger partial charge is 0.507 e. The molecule has 1 N–H and O–H groups in total. The van der Waals surface area contributed by atoms with Crippen molar-refractivity contribution in [2.45, 2.75) is 85.5 Å². The van der Waals surface area contributed by atoms with Crippen molar-refractivity contribution < 1.29 is 5.11 Å². The van der Waals surface area contributed by atoms with E-state index in [-0.39, 0.29) is 10.8 Å². The molecule has 0 saturated carbocycles. The zero-order valence-corrected chi connectivity index (χ0v) is 15.8. The van der Waals surface area contributed by atoms with Crippen molar-refractivity contribution in [1.82, 2.24) is 0 Å². The summed E-state index contributed by atoms with van der Waals surface area (Å²) in [6, 6.07) is 4.39. The van der Waals surface area contributed by atoms with Crippen LogP contribution in [0.4, 0.5) is 0 Å². The molecule has 0 amide bonds. The molecule has 1 aromatic carbocycles.